The van der Waals surface area contributed by atoms with Crippen molar-refractivity contribution in [3.63, 3.8) is 0 Å². The molecule has 0 aromatic carbocycles. The molecule has 0 aliphatic carbocycles. The molecule has 0 bridgehead atoms. The number of aromatic nitrogens is 2. The van der Waals surface area contributed by atoms with E-state index < -0.39 is 0 Å². The molecule has 0 radical (unpaired) electrons. The summed E-state index contributed by atoms with van der Waals surface area (Å²) in [7, 11) is 0. The molecule has 0 saturated carbocycles. The SMILES string of the molecule is CCOC(=O)c1[nH]c(=S)sc1-c1ccc[nH]1. The Morgan fingerprint density at radius 1 is 1.62 bits per heavy atom. The summed E-state index contributed by atoms with van der Waals surface area (Å²) in [6.07, 6.45) is 1.80. The third kappa shape index (κ3) is 2.07. The van der Waals surface area contributed by atoms with Crippen LogP contribution in [0.2, 0.25) is 0 Å². The maximum Gasteiger partial charge on any atom is 0.356 e. The van der Waals surface area contributed by atoms with Gasteiger partial charge in [0.25, 0.3) is 0 Å². The highest BCUT2D eigenvalue weighted by atomic mass is 32.1. The number of hydrogen-bond donors (Lipinski definition) is 2. The first-order chi connectivity index (χ1) is 7.72. The second-order valence-corrected chi connectivity index (χ2v) is 4.71. The molecule has 4 nitrogen and oxygen atoms in total. The number of hydrogen-bond acceptors (Lipinski definition) is 4. The molecule has 2 rings (SSSR count). The Kier molecular flexibility index (Phi) is 3.21. The van der Waals surface area contributed by atoms with Gasteiger partial charge in [-0.15, -0.1) is 11.3 Å². The van der Waals surface area contributed by atoms with Crippen molar-refractivity contribution < 1.29 is 9.53 Å². The maximum absolute atomic E-state index is 11.7. The van der Waals surface area contributed by atoms with Crippen molar-refractivity contribution in [2.75, 3.05) is 6.61 Å². The number of carbonyl (C=O) groups is 1. The zero-order valence-electron chi connectivity index (χ0n) is 8.57. The lowest BCUT2D eigenvalue weighted by molar-refractivity contribution is 0.0521. The average Bonchev–Trinajstić information content (AvgIpc) is 2.85. The van der Waals surface area contributed by atoms with Gasteiger partial charge in [0.2, 0.25) is 0 Å². The van der Waals surface area contributed by atoms with Crippen molar-refractivity contribution in [2.24, 2.45) is 0 Å². The Labute approximate surface area is 101 Å². The maximum atomic E-state index is 11.7. The van der Waals surface area contributed by atoms with E-state index in [1.54, 1.807) is 13.1 Å². The zero-order valence-corrected chi connectivity index (χ0v) is 10.2. The number of aromatic amines is 2. The number of nitrogens with one attached hydrogen (secondary N) is 2. The molecule has 6 heteroatoms. The zero-order chi connectivity index (χ0) is 11.5. The fraction of sp³-hybridized carbons (Fsp3) is 0.200. The summed E-state index contributed by atoms with van der Waals surface area (Å²) in [6, 6.07) is 3.75. The lowest BCUT2D eigenvalue weighted by atomic mass is 10.3. The van der Waals surface area contributed by atoms with Gasteiger partial charge in [-0.05, 0) is 31.3 Å². The second-order valence-electron chi connectivity index (χ2n) is 3.02. The third-order valence-corrected chi connectivity index (χ3v) is 3.24. The quantitative estimate of drug-likeness (QED) is 0.654. The molecule has 2 N–H and O–H groups in total. The van der Waals surface area contributed by atoms with Crippen LogP contribution in [0.15, 0.2) is 18.3 Å². The van der Waals surface area contributed by atoms with Crippen molar-refractivity contribution in [1.29, 1.82) is 0 Å². The Bertz CT molecular complexity index is 539. The summed E-state index contributed by atoms with van der Waals surface area (Å²) in [5.41, 5.74) is 1.28. The van der Waals surface area contributed by atoms with E-state index in [2.05, 4.69) is 9.97 Å². The Hall–Kier alpha value is -1.40. The van der Waals surface area contributed by atoms with Gasteiger partial charge in [0.05, 0.1) is 17.2 Å². The molecule has 84 valence electrons. The van der Waals surface area contributed by atoms with Gasteiger partial charge < -0.3 is 14.7 Å². The molecule has 2 heterocycles. The van der Waals surface area contributed by atoms with E-state index in [4.69, 9.17) is 17.0 Å². The summed E-state index contributed by atoms with van der Waals surface area (Å²) >= 11 is 6.39. The van der Waals surface area contributed by atoms with E-state index in [0.29, 0.717) is 16.3 Å². The monoisotopic (exact) mass is 254 g/mol. The minimum atomic E-state index is -0.376. The Balaban J connectivity index is 2.46. The van der Waals surface area contributed by atoms with Gasteiger partial charge in [0.1, 0.15) is 5.69 Å². The summed E-state index contributed by atoms with van der Waals surface area (Å²) in [5.74, 6) is -0.376. The minimum Gasteiger partial charge on any atom is -0.461 e. The number of ether oxygens (including phenoxy) is 1. The molecule has 0 unspecified atom stereocenters. The topological polar surface area (TPSA) is 57.9 Å². The number of rotatable bonds is 3. The van der Waals surface area contributed by atoms with E-state index in [1.807, 2.05) is 12.1 Å². The van der Waals surface area contributed by atoms with Crippen LogP contribution in [-0.2, 0) is 4.74 Å². The number of esters is 1. The molecule has 0 spiro atoms. The van der Waals surface area contributed by atoms with Gasteiger partial charge >= 0.3 is 5.97 Å². The first-order valence-electron chi connectivity index (χ1n) is 4.76. The molecule has 0 aliphatic rings. The van der Waals surface area contributed by atoms with Gasteiger partial charge in [-0.3, -0.25) is 0 Å². The van der Waals surface area contributed by atoms with Crippen LogP contribution in [0.1, 0.15) is 17.4 Å². The highest BCUT2D eigenvalue weighted by Gasteiger charge is 2.17. The number of thiazole rings is 1. The van der Waals surface area contributed by atoms with Gasteiger partial charge in [0.15, 0.2) is 3.95 Å². The van der Waals surface area contributed by atoms with Crippen LogP contribution in [0.25, 0.3) is 10.6 Å². The Morgan fingerprint density at radius 3 is 3.06 bits per heavy atom. The number of carbonyl (C=O) groups excluding carboxylic acids is 1. The van der Waals surface area contributed by atoms with Crippen molar-refractivity contribution in [2.45, 2.75) is 6.92 Å². The summed E-state index contributed by atoms with van der Waals surface area (Å²) in [5, 5.41) is 0. The van der Waals surface area contributed by atoms with E-state index in [1.165, 1.54) is 11.3 Å². The smallest absolute Gasteiger partial charge is 0.356 e. The fourth-order valence-corrected chi connectivity index (χ4v) is 2.50. The highest BCUT2D eigenvalue weighted by molar-refractivity contribution is 7.73. The van der Waals surface area contributed by atoms with Crippen molar-refractivity contribution in [3.8, 4) is 10.6 Å². The molecular weight excluding hydrogens is 244 g/mol. The predicted molar refractivity (Wildman–Crippen MR) is 65.2 cm³/mol. The minimum absolute atomic E-state index is 0.347. The molecule has 0 atom stereocenters. The van der Waals surface area contributed by atoms with Crippen molar-refractivity contribution >= 4 is 29.5 Å². The molecular formula is C10H10N2O2S2. The Morgan fingerprint density at radius 2 is 2.44 bits per heavy atom. The molecule has 2 aromatic heterocycles. The standard InChI is InChI=1S/C10H10N2O2S2/c1-2-14-9(13)7-8(16-10(15)12-7)6-4-3-5-11-6/h3-5,11H,2H2,1H3,(H,12,15). The number of H-pyrrole nitrogens is 2. The lowest BCUT2D eigenvalue weighted by Gasteiger charge is -2.00. The van der Waals surface area contributed by atoms with E-state index in [0.717, 1.165) is 10.6 Å². The first-order valence-corrected chi connectivity index (χ1v) is 5.99. The van der Waals surface area contributed by atoms with Crippen molar-refractivity contribution in [3.05, 3.63) is 28.0 Å². The average molecular weight is 254 g/mol. The summed E-state index contributed by atoms with van der Waals surface area (Å²) in [4.78, 5) is 18.3. The second kappa shape index (κ2) is 4.63. The van der Waals surface area contributed by atoms with Crippen LogP contribution in [0.5, 0.6) is 0 Å². The van der Waals surface area contributed by atoms with Crippen LogP contribution in [0.4, 0.5) is 0 Å². The van der Waals surface area contributed by atoms with E-state index in [9.17, 15) is 4.79 Å². The molecule has 0 amide bonds. The van der Waals surface area contributed by atoms with Gasteiger partial charge in [0, 0.05) is 6.20 Å². The molecule has 16 heavy (non-hydrogen) atoms. The van der Waals surface area contributed by atoms with Crippen LogP contribution in [0.3, 0.4) is 0 Å². The van der Waals surface area contributed by atoms with Gasteiger partial charge in [-0.1, -0.05) is 0 Å². The van der Waals surface area contributed by atoms with Gasteiger partial charge in [-0.2, -0.15) is 0 Å². The molecule has 0 saturated heterocycles. The third-order valence-electron chi connectivity index (χ3n) is 1.97. The highest BCUT2D eigenvalue weighted by Crippen LogP contribution is 2.27. The predicted octanol–water partition coefficient (Wildman–Crippen LogP) is 2.98. The largest absolute Gasteiger partial charge is 0.461 e. The van der Waals surface area contributed by atoms with Gasteiger partial charge in [-0.25, -0.2) is 4.79 Å². The normalized spacial score (nSPS) is 10.3. The first kappa shape index (κ1) is 11.1. The lowest BCUT2D eigenvalue weighted by Crippen LogP contribution is -2.06. The fourth-order valence-electron chi connectivity index (χ4n) is 1.34. The van der Waals surface area contributed by atoms with Crippen LogP contribution >= 0.6 is 23.6 Å². The van der Waals surface area contributed by atoms with Crippen LogP contribution in [0, 0.1) is 3.95 Å². The van der Waals surface area contributed by atoms with E-state index >= 15 is 0 Å². The molecule has 0 fully saturated rings. The van der Waals surface area contributed by atoms with Crippen molar-refractivity contribution in [1.82, 2.24) is 9.97 Å². The molecule has 2 aromatic rings. The summed E-state index contributed by atoms with van der Waals surface area (Å²) < 4.78 is 5.52. The summed E-state index contributed by atoms with van der Waals surface area (Å²) in [6.45, 7) is 2.12. The molecule has 0 aliphatic heterocycles. The van der Waals surface area contributed by atoms with Crippen LogP contribution in [-0.4, -0.2) is 22.5 Å². The van der Waals surface area contributed by atoms with Crippen LogP contribution < -0.4 is 0 Å². The van der Waals surface area contributed by atoms with E-state index in [-0.39, 0.29) is 5.97 Å².